The molecule has 1 fully saturated rings. The van der Waals surface area contributed by atoms with Gasteiger partial charge in [-0.3, -0.25) is 0 Å². The number of aryl methyl sites for hydroxylation is 1. The van der Waals surface area contributed by atoms with Crippen LogP contribution in [0.1, 0.15) is 45.6 Å². The van der Waals surface area contributed by atoms with Crippen LogP contribution in [0.2, 0.25) is 0 Å². The van der Waals surface area contributed by atoms with Crippen molar-refractivity contribution in [2.45, 2.75) is 51.9 Å². The molecule has 3 aromatic rings. The predicted molar refractivity (Wildman–Crippen MR) is 144 cm³/mol. The third-order valence-electron chi connectivity index (χ3n) is 5.90. The molecule has 8 heteroatoms. The fraction of sp³-hybridized carbons (Fsp3) is 0.407. The molecule has 0 aliphatic carbocycles. The fourth-order valence-corrected chi connectivity index (χ4v) is 6.12. The monoisotopic (exact) mass is 493 g/mol. The van der Waals surface area contributed by atoms with Gasteiger partial charge < -0.3 is 15.5 Å². The van der Waals surface area contributed by atoms with Crippen LogP contribution < -0.4 is 15.5 Å². The van der Waals surface area contributed by atoms with Gasteiger partial charge in [-0.05, 0) is 74.1 Å². The molecule has 2 heterocycles. The number of rotatable bonds is 7. The zero-order valence-corrected chi connectivity index (χ0v) is 21.8. The summed E-state index contributed by atoms with van der Waals surface area (Å²) in [5, 5.41) is 6.54. The molecule has 1 aliphatic heterocycles. The summed E-state index contributed by atoms with van der Waals surface area (Å²) in [6.45, 7) is 9.91. The molecule has 35 heavy (non-hydrogen) atoms. The van der Waals surface area contributed by atoms with Crippen molar-refractivity contribution in [1.29, 1.82) is 0 Å². The Morgan fingerprint density at radius 3 is 2.34 bits per heavy atom. The molecule has 0 saturated carbocycles. The Balaban J connectivity index is 1.48. The van der Waals surface area contributed by atoms with Crippen molar-refractivity contribution in [2.24, 2.45) is 5.41 Å². The Bertz CT molecular complexity index is 1260. The van der Waals surface area contributed by atoms with E-state index >= 15 is 0 Å². The van der Waals surface area contributed by atoms with Crippen LogP contribution in [0.3, 0.4) is 0 Å². The normalized spacial score (nSPS) is 14.6. The van der Waals surface area contributed by atoms with E-state index in [2.05, 4.69) is 37.6 Å². The van der Waals surface area contributed by atoms with Gasteiger partial charge in [0.25, 0.3) is 0 Å². The van der Waals surface area contributed by atoms with Crippen LogP contribution in [0.4, 0.5) is 28.8 Å². The van der Waals surface area contributed by atoms with Crippen LogP contribution in [-0.2, 0) is 9.84 Å². The summed E-state index contributed by atoms with van der Waals surface area (Å²) in [6, 6.07) is 15.2. The summed E-state index contributed by atoms with van der Waals surface area (Å²) in [7, 11) is -3.39. The van der Waals surface area contributed by atoms with E-state index in [1.807, 2.05) is 45.9 Å². The molecule has 0 atom stereocenters. The number of hydrogen-bond acceptors (Lipinski definition) is 7. The highest BCUT2D eigenvalue weighted by Gasteiger charge is 2.23. The van der Waals surface area contributed by atoms with Crippen LogP contribution in [0.15, 0.2) is 59.6 Å². The summed E-state index contributed by atoms with van der Waals surface area (Å²) < 4.78 is 25.7. The van der Waals surface area contributed by atoms with Gasteiger partial charge in [-0.25, -0.2) is 13.4 Å². The summed E-state index contributed by atoms with van der Waals surface area (Å²) in [5.74, 6) is 1.18. The van der Waals surface area contributed by atoms with Crippen molar-refractivity contribution < 1.29 is 8.42 Å². The fourth-order valence-electron chi connectivity index (χ4n) is 4.22. The molecule has 2 N–H and O–H groups in total. The maximum Gasteiger partial charge on any atom is 0.229 e. The molecule has 2 aromatic carbocycles. The number of aromatic nitrogens is 2. The maximum atomic E-state index is 12.8. The molecular formula is C27H35N5O2S. The topological polar surface area (TPSA) is 87.2 Å². The van der Waals surface area contributed by atoms with E-state index in [9.17, 15) is 8.42 Å². The first-order valence-corrected chi connectivity index (χ1v) is 13.8. The highest BCUT2D eigenvalue weighted by Crippen LogP contribution is 2.27. The number of nitrogens with zero attached hydrogens (tertiary/aromatic N) is 3. The third-order valence-corrected chi connectivity index (χ3v) is 8.11. The van der Waals surface area contributed by atoms with Crippen LogP contribution in [0, 0.1) is 12.3 Å². The van der Waals surface area contributed by atoms with Gasteiger partial charge in [0.1, 0.15) is 5.82 Å². The molecule has 0 amide bonds. The van der Waals surface area contributed by atoms with E-state index in [0.29, 0.717) is 22.3 Å². The van der Waals surface area contributed by atoms with Crippen molar-refractivity contribution in [3.63, 3.8) is 0 Å². The third kappa shape index (κ3) is 6.72. The highest BCUT2D eigenvalue weighted by atomic mass is 32.2. The Morgan fingerprint density at radius 2 is 1.66 bits per heavy atom. The second kappa shape index (κ2) is 10.2. The second-order valence-electron chi connectivity index (χ2n) is 10.4. The lowest BCUT2D eigenvalue weighted by atomic mass is 10.0. The van der Waals surface area contributed by atoms with E-state index in [1.165, 1.54) is 24.9 Å². The van der Waals surface area contributed by atoms with Crippen molar-refractivity contribution in [2.75, 3.05) is 34.4 Å². The molecule has 4 rings (SSSR count). The Morgan fingerprint density at radius 1 is 0.943 bits per heavy atom. The minimum atomic E-state index is -3.39. The van der Waals surface area contributed by atoms with Crippen molar-refractivity contribution >= 4 is 38.7 Å². The SMILES string of the molecule is Cc1cnc(Nc2ccc(N3CCCCC3)cc2)nc1Nc1cccc(S(=O)(=O)CC(C)(C)C)c1. The predicted octanol–water partition coefficient (Wildman–Crippen LogP) is 6.08. The summed E-state index contributed by atoms with van der Waals surface area (Å²) in [4.78, 5) is 11.8. The van der Waals surface area contributed by atoms with Crippen LogP contribution >= 0.6 is 0 Å². The molecule has 186 valence electrons. The lowest BCUT2D eigenvalue weighted by molar-refractivity contribution is 0.462. The molecular weight excluding hydrogens is 458 g/mol. The average molecular weight is 494 g/mol. The van der Waals surface area contributed by atoms with Gasteiger partial charge in [0.05, 0.1) is 10.6 Å². The Kier molecular flexibility index (Phi) is 7.31. The number of hydrogen-bond donors (Lipinski definition) is 2. The highest BCUT2D eigenvalue weighted by molar-refractivity contribution is 7.91. The van der Waals surface area contributed by atoms with Gasteiger partial charge in [-0.1, -0.05) is 26.8 Å². The molecule has 0 unspecified atom stereocenters. The van der Waals surface area contributed by atoms with Gasteiger partial charge in [0, 0.05) is 41.9 Å². The van der Waals surface area contributed by atoms with Gasteiger partial charge in [-0.2, -0.15) is 4.98 Å². The van der Waals surface area contributed by atoms with Crippen LogP contribution in [-0.4, -0.2) is 37.2 Å². The van der Waals surface area contributed by atoms with Crippen LogP contribution in [0.5, 0.6) is 0 Å². The van der Waals surface area contributed by atoms with Crippen molar-refractivity contribution in [3.8, 4) is 0 Å². The zero-order chi connectivity index (χ0) is 25.1. The summed E-state index contributed by atoms with van der Waals surface area (Å²) in [5.41, 5.74) is 3.36. The molecule has 7 nitrogen and oxygen atoms in total. The van der Waals surface area contributed by atoms with Gasteiger partial charge in [-0.15, -0.1) is 0 Å². The summed E-state index contributed by atoms with van der Waals surface area (Å²) >= 11 is 0. The number of nitrogens with one attached hydrogen (secondary N) is 2. The Labute approximate surface area is 208 Å². The van der Waals surface area contributed by atoms with E-state index in [1.54, 1.807) is 24.4 Å². The van der Waals surface area contributed by atoms with E-state index < -0.39 is 9.84 Å². The van der Waals surface area contributed by atoms with Gasteiger partial charge in [0.15, 0.2) is 9.84 Å². The molecule has 0 bridgehead atoms. The molecule has 1 saturated heterocycles. The van der Waals surface area contributed by atoms with E-state index in [4.69, 9.17) is 0 Å². The number of anilines is 5. The molecule has 0 radical (unpaired) electrons. The zero-order valence-electron chi connectivity index (χ0n) is 21.0. The molecule has 1 aromatic heterocycles. The van der Waals surface area contributed by atoms with E-state index in [0.717, 1.165) is 24.3 Å². The standard InChI is InChI=1S/C27H35N5O2S/c1-20-18-28-26(30-21-11-13-23(14-12-21)32-15-6-5-7-16-32)31-25(20)29-22-9-8-10-24(17-22)35(33,34)19-27(2,3)4/h8-14,17-18H,5-7,15-16,19H2,1-4H3,(H2,28,29,30,31). The first kappa shape index (κ1) is 25.0. The molecule has 1 aliphatic rings. The number of sulfone groups is 1. The van der Waals surface area contributed by atoms with E-state index in [-0.39, 0.29) is 11.2 Å². The first-order valence-electron chi connectivity index (χ1n) is 12.1. The largest absolute Gasteiger partial charge is 0.372 e. The van der Waals surface area contributed by atoms with Crippen molar-refractivity contribution in [1.82, 2.24) is 9.97 Å². The minimum Gasteiger partial charge on any atom is -0.372 e. The average Bonchev–Trinajstić information content (AvgIpc) is 2.81. The van der Waals surface area contributed by atoms with Crippen LogP contribution in [0.25, 0.3) is 0 Å². The second-order valence-corrected chi connectivity index (χ2v) is 12.4. The minimum absolute atomic E-state index is 0.0839. The smallest absolute Gasteiger partial charge is 0.229 e. The maximum absolute atomic E-state index is 12.8. The lowest BCUT2D eigenvalue weighted by Gasteiger charge is -2.28. The lowest BCUT2D eigenvalue weighted by Crippen LogP contribution is -2.29. The quantitative estimate of drug-likeness (QED) is 0.412. The van der Waals surface area contributed by atoms with Gasteiger partial charge >= 0.3 is 0 Å². The van der Waals surface area contributed by atoms with Crippen molar-refractivity contribution in [3.05, 3.63) is 60.3 Å². The number of benzene rings is 2. The Hall–Kier alpha value is -3.13. The molecule has 0 spiro atoms. The van der Waals surface area contributed by atoms with Gasteiger partial charge in [0.2, 0.25) is 5.95 Å². The summed E-state index contributed by atoms with van der Waals surface area (Å²) in [6.07, 6.45) is 5.56. The number of piperidine rings is 1. The first-order chi connectivity index (χ1) is 16.6.